The Morgan fingerprint density at radius 2 is 2.10 bits per heavy atom. The van der Waals surface area contributed by atoms with Crippen molar-refractivity contribution in [2.24, 2.45) is 0 Å². The highest BCUT2D eigenvalue weighted by Gasteiger charge is 2.15. The number of nitrogens with one attached hydrogen (secondary N) is 1. The molecule has 0 bridgehead atoms. The van der Waals surface area contributed by atoms with Gasteiger partial charge < -0.3 is 10.1 Å². The minimum atomic E-state index is -0.300. The van der Waals surface area contributed by atoms with Gasteiger partial charge in [-0.05, 0) is 42.8 Å². The minimum absolute atomic E-state index is 0.0901. The van der Waals surface area contributed by atoms with Crippen LogP contribution in [0.2, 0.25) is 5.02 Å². The van der Waals surface area contributed by atoms with E-state index >= 15 is 0 Å². The highest BCUT2D eigenvalue weighted by molar-refractivity contribution is 6.31. The largest absolute Gasteiger partial charge is 0.480 e. The smallest absolute Gasteiger partial charge is 0.233 e. The van der Waals surface area contributed by atoms with Crippen molar-refractivity contribution in [3.05, 3.63) is 52.4 Å². The Labute approximate surface area is 128 Å². The fourth-order valence-corrected chi connectivity index (χ4v) is 2.27. The van der Waals surface area contributed by atoms with Crippen LogP contribution < -0.4 is 10.1 Å². The molecule has 2 rings (SSSR count). The summed E-state index contributed by atoms with van der Waals surface area (Å²) in [6.07, 6.45) is 0.533. The van der Waals surface area contributed by atoms with Gasteiger partial charge in [-0.1, -0.05) is 18.5 Å². The number of nitrogens with zero attached hydrogens (tertiary/aromatic N) is 2. The van der Waals surface area contributed by atoms with E-state index in [9.17, 15) is 4.39 Å². The van der Waals surface area contributed by atoms with Crippen LogP contribution in [0.1, 0.15) is 24.2 Å². The third kappa shape index (κ3) is 4.12. The van der Waals surface area contributed by atoms with Crippen LogP contribution in [0.4, 0.5) is 4.39 Å². The maximum absolute atomic E-state index is 13.4. The van der Waals surface area contributed by atoms with Gasteiger partial charge in [0.1, 0.15) is 5.82 Å². The fourth-order valence-electron chi connectivity index (χ4n) is 2.07. The summed E-state index contributed by atoms with van der Waals surface area (Å²) in [7, 11) is 1.54. The zero-order valence-corrected chi connectivity index (χ0v) is 12.7. The fraction of sp³-hybridized carbons (Fsp3) is 0.333. The molecular weight excluding hydrogens is 293 g/mol. The molecule has 1 aromatic carbocycles. The van der Waals surface area contributed by atoms with E-state index in [1.807, 2.05) is 13.0 Å². The highest BCUT2D eigenvalue weighted by atomic mass is 35.5. The third-order valence-electron chi connectivity index (χ3n) is 3.11. The summed E-state index contributed by atoms with van der Waals surface area (Å²) in [6.45, 7) is 2.75. The van der Waals surface area contributed by atoms with E-state index in [0.717, 1.165) is 17.8 Å². The van der Waals surface area contributed by atoms with Crippen molar-refractivity contribution in [3.8, 4) is 5.88 Å². The van der Waals surface area contributed by atoms with Crippen molar-refractivity contribution < 1.29 is 9.13 Å². The number of aromatic nitrogens is 2. The molecule has 6 heteroatoms. The van der Waals surface area contributed by atoms with Gasteiger partial charge in [-0.2, -0.15) is 5.10 Å². The lowest BCUT2D eigenvalue weighted by Crippen LogP contribution is -2.24. The summed E-state index contributed by atoms with van der Waals surface area (Å²) in [5, 5.41) is 12.0. The zero-order chi connectivity index (χ0) is 15.2. The normalized spacial score (nSPS) is 12.2. The summed E-state index contributed by atoms with van der Waals surface area (Å²) in [5.41, 5.74) is 1.50. The van der Waals surface area contributed by atoms with Gasteiger partial charge in [0, 0.05) is 11.1 Å². The third-order valence-corrected chi connectivity index (χ3v) is 3.48. The molecule has 1 heterocycles. The first-order valence-corrected chi connectivity index (χ1v) is 7.06. The number of hydrogen-bond donors (Lipinski definition) is 1. The SMILES string of the molecule is CCNC(Cc1cc(F)ccc1Cl)c1ccc(OC)nn1. The number of ether oxygens (including phenoxy) is 1. The van der Waals surface area contributed by atoms with E-state index in [1.54, 1.807) is 12.1 Å². The van der Waals surface area contributed by atoms with Crippen molar-refractivity contribution in [2.45, 2.75) is 19.4 Å². The molecular formula is C15H17ClFN3O. The molecule has 0 saturated carbocycles. The number of methoxy groups -OCH3 is 1. The Kier molecular flexibility index (Phi) is 5.47. The Hall–Kier alpha value is -1.72. The Bertz CT molecular complexity index is 592. The minimum Gasteiger partial charge on any atom is -0.480 e. The lowest BCUT2D eigenvalue weighted by atomic mass is 10.0. The summed E-state index contributed by atoms with van der Waals surface area (Å²) in [5.74, 6) is 0.156. The van der Waals surface area contributed by atoms with Gasteiger partial charge in [-0.3, -0.25) is 0 Å². The first-order chi connectivity index (χ1) is 10.1. The van der Waals surface area contributed by atoms with Crippen molar-refractivity contribution in [3.63, 3.8) is 0 Å². The zero-order valence-electron chi connectivity index (χ0n) is 11.9. The second kappa shape index (κ2) is 7.33. The van der Waals surface area contributed by atoms with Gasteiger partial charge >= 0.3 is 0 Å². The molecule has 0 aliphatic heterocycles. The van der Waals surface area contributed by atoms with Crippen LogP contribution in [0.5, 0.6) is 5.88 Å². The van der Waals surface area contributed by atoms with Crippen molar-refractivity contribution in [1.29, 1.82) is 0 Å². The Morgan fingerprint density at radius 1 is 1.29 bits per heavy atom. The molecule has 1 atom stereocenters. The number of halogens is 2. The molecule has 21 heavy (non-hydrogen) atoms. The van der Waals surface area contributed by atoms with Crippen molar-refractivity contribution in [2.75, 3.05) is 13.7 Å². The van der Waals surface area contributed by atoms with E-state index < -0.39 is 0 Å². The highest BCUT2D eigenvalue weighted by Crippen LogP contribution is 2.24. The van der Waals surface area contributed by atoms with Gasteiger partial charge in [-0.25, -0.2) is 4.39 Å². The average Bonchev–Trinajstić information content (AvgIpc) is 2.50. The van der Waals surface area contributed by atoms with Gasteiger partial charge in [-0.15, -0.1) is 5.10 Å². The van der Waals surface area contributed by atoms with E-state index in [-0.39, 0.29) is 11.9 Å². The molecule has 112 valence electrons. The molecule has 0 saturated heterocycles. The molecule has 2 aromatic rings. The lowest BCUT2D eigenvalue weighted by molar-refractivity contribution is 0.389. The average molecular weight is 310 g/mol. The number of benzene rings is 1. The number of rotatable bonds is 6. The number of hydrogen-bond acceptors (Lipinski definition) is 4. The molecule has 0 amide bonds. The molecule has 1 N–H and O–H groups in total. The molecule has 0 fully saturated rings. The quantitative estimate of drug-likeness (QED) is 0.890. The Balaban J connectivity index is 2.23. The predicted octanol–water partition coefficient (Wildman–Crippen LogP) is 3.17. The Morgan fingerprint density at radius 3 is 2.71 bits per heavy atom. The maximum atomic E-state index is 13.4. The van der Waals surface area contributed by atoms with E-state index in [1.165, 1.54) is 19.2 Å². The van der Waals surface area contributed by atoms with Crippen LogP contribution in [0, 0.1) is 5.82 Å². The molecule has 1 unspecified atom stereocenters. The van der Waals surface area contributed by atoms with Crippen LogP contribution in [-0.2, 0) is 6.42 Å². The molecule has 0 spiro atoms. The van der Waals surface area contributed by atoms with Crippen LogP contribution >= 0.6 is 11.6 Å². The van der Waals surface area contributed by atoms with Crippen LogP contribution in [0.3, 0.4) is 0 Å². The second-order valence-electron chi connectivity index (χ2n) is 4.55. The predicted molar refractivity (Wildman–Crippen MR) is 80.1 cm³/mol. The van der Waals surface area contributed by atoms with Gasteiger partial charge in [0.05, 0.1) is 18.8 Å². The van der Waals surface area contributed by atoms with Gasteiger partial charge in [0.25, 0.3) is 0 Å². The first-order valence-electron chi connectivity index (χ1n) is 6.69. The molecule has 0 aliphatic carbocycles. The van der Waals surface area contributed by atoms with Gasteiger partial charge in [0.2, 0.25) is 5.88 Å². The van der Waals surface area contributed by atoms with Crippen LogP contribution in [0.15, 0.2) is 30.3 Å². The van der Waals surface area contributed by atoms with Crippen LogP contribution in [-0.4, -0.2) is 23.9 Å². The van der Waals surface area contributed by atoms with Crippen molar-refractivity contribution in [1.82, 2.24) is 15.5 Å². The van der Waals surface area contributed by atoms with Crippen LogP contribution in [0.25, 0.3) is 0 Å². The first kappa shape index (κ1) is 15.7. The lowest BCUT2D eigenvalue weighted by Gasteiger charge is -2.18. The van der Waals surface area contributed by atoms with E-state index in [2.05, 4.69) is 15.5 Å². The van der Waals surface area contributed by atoms with Crippen molar-refractivity contribution >= 4 is 11.6 Å². The maximum Gasteiger partial charge on any atom is 0.233 e. The standard InChI is InChI=1S/C15H17ClFN3O/c1-3-18-14(13-6-7-15(21-2)20-19-13)9-10-8-11(17)4-5-12(10)16/h4-8,14,18H,3,9H2,1-2H3. The summed E-state index contributed by atoms with van der Waals surface area (Å²) >= 11 is 6.13. The summed E-state index contributed by atoms with van der Waals surface area (Å²) < 4.78 is 18.4. The number of likely N-dealkylation sites (N-methyl/N-ethyl adjacent to an activating group) is 1. The summed E-state index contributed by atoms with van der Waals surface area (Å²) in [4.78, 5) is 0. The molecule has 4 nitrogen and oxygen atoms in total. The van der Waals surface area contributed by atoms with E-state index in [0.29, 0.717) is 17.3 Å². The van der Waals surface area contributed by atoms with Gasteiger partial charge in [0.15, 0.2) is 0 Å². The second-order valence-corrected chi connectivity index (χ2v) is 4.96. The molecule has 0 radical (unpaired) electrons. The molecule has 1 aromatic heterocycles. The summed E-state index contributed by atoms with van der Waals surface area (Å²) in [6, 6.07) is 7.86. The molecule has 0 aliphatic rings. The topological polar surface area (TPSA) is 47.0 Å². The monoisotopic (exact) mass is 309 g/mol. The van der Waals surface area contributed by atoms with E-state index in [4.69, 9.17) is 16.3 Å².